The molecule has 0 unspecified atom stereocenters. The average Bonchev–Trinajstić information content (AvgIpc) is 3.19. The molecule has 1 aliphatic carbocycles. The van der Waals surface area contributed by atoms with E-state index in [4.69, 9.17) is 9.47 Å². The molecule has 1 fully saturated rings. The molecule has 0 N–H and O–H groups in total. The van der Waals surface area contributed by atoms with Crippen molar-refractivity contribution in [2.75, 3.05) is 14.2 Å². The van der Waals surface area contributed by atoms with Gasteiger partial charge < -0.3 is 9.47 Å². The predicted octanol–water partition coefficient (Wildman–Crippen LogP) is 2.62. The van der Waals surface area contributed by atoms with Crippen LogP contribution in [-0.4, -0.2) is 20.0 Å². The maximum absolute atomic E-state index is 11.6. The standard InChI is InChI=1S/C14H18O3/c1-16-12-7-10(8-13(9-12)17-2)3-6-14(15)11-4-5-11/h7-9,11H,3-6H2,1-2H3. The second-order valence-electron chi connectivity index (χ2n) is 4.46. The largest absolute Gasteiger partial charge is 0.497 e. The molecule has 0 heterocycles. The molecule has 0 bridgehead atoms. The number of rotatable bonds is 6. The lowest BCUT2D eigenvalue weighted by atomic mass is 10.0. The fraction of sp³-hybridized carbons (Fsp3) is 0.500. The molecule has 2 rings (SSSR count). The van der Waals surface area contributed by atoms with Gasteiger partial charge in [-0.1, -0.05) is 0 Å². The van der Waals surface area contributed by atoms with Gasteiger partial charge >= 0.3 is 0 Å². The van der Waals surface area contributed by atoms with E-state index in [1.165, 1.54) is 0 Å². The van der Waals surface area contributed by atoms with E-state index >= 15 is 0 Å². The quantitative estimate of drug-likeness (QED) is 0.759. The number of ketones is 1. The predicted molar refractivity (Wildman–Crippen MR) is 65.6 cm³/mol. The first kappa shape index (κ1) is 12.0. The Labute approximate surface area is 102 Å². The zero-order chi connectivity index (χ0) is 12.3. The van der Waals surface area contributed by atoms with Crippen molar-refractivity contribution in [3.8, 4) is 11.5 Å². The van der Waals surface area contributed by atoms with Gasteiger partial charge in [0, 0.05) is 18.4 Å². The van der Waals surface area contributed by atoms with Crippen LogP contribution < -0.4 is 9.47 Å². The van der Waals surface area contributed by atoms with Gasteiger partial charge in [-0.2, -0.15) is 0 Å². The Morgan fingerprint density at radius 2 is 1.76 bits per heavy atom. The third-order valence-corrected chi connectivity index (χ3v) is 3.10. The summed E-state index contributed by atoms with van der Waals surface area (Å²) in [7, 11) is 3.27. The van der Waals surface area contributed by atoms with E-state index in [1.807, 2.05) is 18.2 Å². The number of hydrogen-bond acceptors (Lipinski definition) is 3. The zero-order valence-corrected chi connectivity index (χ0v) is 10.4. The Bertz CT molecular complexity index is 386. The van der Waals surface area contributed by atoms with Crippen LogP contribution in [0.15, 0.2) is 18.2 Å². The highest BCUT2D eigenvalue weighted by Crippen LogP contribution is 2.31. The summed E-state index contributed by atoms with van der Waals surface area (Å²) in [6, 6.07) is 5.76. The van der Waals surface area contributed by atoms with Crippen molar-refractivity contribution in [2.45, 2.75) is 25.7 Å². The summed E-state index contributed by atoms with van der Waals surface area (Å²) >= 11 is 0. The van der Waals surface area contributed by atoms with Crippen molar-refractivity contribution in [3.63, 3.8) is 0 Å². The minimum Gasteiger partial charge on any atom is -0.497 e. The Morgan fingerprint density at radius 3 is 2.24 bits per heavy atom. The van der Waals surface area contributed by atoms with Gasteiger partial charge in [0.2, 0.25) is 0 Å². The smallest absolute Gasteiger partial charge is 0.136 e. The summed E-state index contributed by atoms with van der Waals surface area (Å²) in [5, 5.41) is 0. The zero-order valence-electron chi connectivity index (χ0n) is 10.4. The first-order valence-electron chi connectivity index (χ1n) is 5.97. The van der Waals surface area contributed by atoms with Gasteiger partial charge in [-0.15, -0.1) is 0 Å². The number of benzene rings is 1. The lowest BCUT2D eigenvalue weighted by Gasteiger charge is -2.08. The van der Waals surface area contributed by atoms with E-state index in [9.17, 15) is 4.79 Å². The maximum atomic E-state index is 11.6. The number of ether oxygens (including phenoxy) is 2. The molecule has 92 valence electrons. The van der Waals surface area contributed by atoms with Crippen molar-refractivity contribution < 1.29 is 14.3 Å². The van der Waals surface area contributed by atoms with Crippen LogP contribution in [0.1, 0.15) is 24.8 Å². The van der Waals surface area contributed by atoms with Crippen LogP contribution in [0.5, 0.6) is 11.5 Å². The highest BCUT2D eigenvalue weighted by molar-refractivity contribution is 5.83. The molecule has 1 aromatic carbocycles. The minimum absolute atomic E-state index is 0.350. The summed E-state index contributed by atoms with van der Waals surface area (Å²) < 4.78 is 10.4. The molecule has 1 saturated carbocycles. The van der Waals surface area contributed by atoms with Crippen molar-refractivity contribution >= 4 is 5.78 Å². The van der Waals surface area contributed by atoms with Crippen LogP contribution in [0.4, 0.5) is 0 Å². The van der Waals surface area contributed by atoms with Crippen LogP contribution in [0, 0.1) is 5.92 Å². The summed E-state index contributed by atoms with van der Waals surface area (Å²) in [6.07, 6.45) is 3.56. The first-order valence-corrected chi connectivity index (χ1v) is 5.97. The number of carbonyl (C=O) groups excluding carboxylic acids is 1. The summed E-state index contributed by atoms with van der Waals surface area (Å²) in [4.78, 5) is 11.6. The molecule has 0 aliphatic heterocycles. The first-order chi connectivity index (χ1) is 8.22. The normalized spacial score (nSPS) is 14.5. The highest BCUT2D eigenvalue weighted by atomic mass is 16.5. The van der Waals surface area contributed by atoms with Gasteiger partial charge in [-0.3, -0.25) is 4.79 Å². The number of hydrogen-bond donors (Lipinski definition) is 0. The second-order valence-corrected chi connectivity index (χ2v) is 4.46. The monoisotopic (exact) mass is 234 g/mol. The van der Waals surface area contributed by atoms with Crippen LogP contribution in [0.2, 0.25) is 0 Å². The minimum atomic E-state index is 0.350. The Hall–Kier alpha value is -1.51. The average molecular weight is 234 g/mol. The molecule has 17 heavy (non-hydrogen) atoms. The van der Waals surface area contributed by atoms with Gasteiger partial charge in [0.05, 0.1) is 14.2 Å². The number of carbonyl (C=O) groups is 1. The molecule has 3 heteroatoms. The SMILES string of the molecule is COc1cc(CCC(=O)C2CC2)cc(OC)c1. The molecule has 0 radical (unpaired) electrons. The second kappa shape index (κ2) is 5.21. The number of Topliss-reactive ketones (excluding diaryl/α,β-unsaturated/α-hetero) is 1. The molecule has 3 nitrogen and oxygen atoms in total. The van der Waals surface area contributed by atoms with Crippen LogP contribution in [0.3, 0.4) is 0 Å². The molecule has 1 aliphatic rings. The van der Waals surface area contributed by atoms with Gasteiger partial charge in [0.25, 0.3) is 0 Å². The molecule has 0 saturated heterocycles. The topological polar surface area (TPSA) is 35.5 Å². The van der Waals surface area contributed by atoms with Gasteiger partial charge in [0.15, 0.2) is 0 Å². The molecule has 0 spiro atoms. The third-order valence-electron chi connectivity index (χ3n) is 3.10. The van der Waals surface area contributed by atoms with E-state index in [-0.39, 0.29) is 0 Å². The van der Waals surface area contributed by atoms with Crippen molar-refractivity contribution in [3.05, 3.63) is 23.8 Å². The number of methoxy groups -OCH3 is 2. The molecular formula is C14H18O3. The Kier molecular flexibility index (Phi) is 3.67. The van der Waals surface area contributed by atoms with E-state index in [0.717, 1.165) is 36.3 Å². The van der Waals surface area contributed by atoms with Crippen molar-refractivity contribution in [2.24, 2.45) is 5.92 Å². The van der Waals surface area contributed by atoms with E-state index < -0.39 is 0 Å². The van der Waals surface area contributed by atoms with Gasteiger partial charge in [-0.05, 0) is 37.0 Å². The lowest BCUT2D eigenvalue weighted by molar-refractivity contribution is -0.120. The van der Waals surface area contributed by atoms with Crippen molar-refractivity contribution in [1.82, 2.24) is 0 Å². The summed E-state index contributed by atoms with van der Waals surface area (Å²) in [5.74, 6) is 2.30. The van der Waals surface area contributed by atoms with E-state index in [1.54, 1.807) is 14.2 Å². The van der Waals surface area contributed by atoms with Gasteiger partial charge in [0.1, 0.15) is 17.3 Å². The molecule has 0 aromatic heterocycles. The lowest BCUT2D eigenvalue weighted by Crippen LogP contribution is -2.02. The maximum Gasteiger partial charge on any atom is 0.136 e. The van der Waals surface area contributed by atoms with Crippen LogP contribution >= 0.6 is 0 Å². The fourth-order valence-electron chi connectivity index (χ4n) is 1.89. The summed E-state index contributed by atoms with van der Waals surface area (Å²) in [6.45, 7) is 0. The van der Waals surface area contributed by atoms with Crippen molar-refractivity contribution in [1.29, 1.82) is 0 Å². The number of aryl methyl sites for hydroxylation is 1. The van der Waals surface area contributed by atoms with Crippen LogP contribution in [0.25, 0.3) is 0 Å². The molecule has 0 amide bonds. The van der Waals surface area contributed by atoms with Gasteiger partial charge in [-0.25, -0.2) is 0 Å². The van der Waals surface area contributed by atoms with E-state index in [0.29, 0.717) is 18.1 Å². The summed E-state index contributed by atoms with van der Waals surface area (Å²) in [5.41, 5.74) is 1.09. The highest BCUT2D eigenvalue weighted by Gasteiger charge is 2.28. The Balaban J connectivity index is 2.00. The fourth-order valence-corrected chi connectivity index (χ4v) is 1.89. The molecule has 0 atom stereocenters. The van der Waals surface area contributed by atoms with E-state index in [2.05, 4.69) is 0 Å². The molecular weight excluding hydrogens is 216 g/mol. The third kappa shape index (κ3) is 3.22. The molecule has 1 aromatic rings. The Morgan fingerprint density at radius 1 is 1.18 bits per heavy atom. The van der Waals surface area contributed by atoms with Crippen LogP contribution in [-0.2, 0) is 11.2 Å².